The number of furan rings is 1. The van der Waals surface area contributed by atoms with Crippen molar-refractivity contribution in [1.29, 1.82) is 0 Å². The first-order chi connectivity index (χ1) is 28.7. The molecular weight excluding hydrogens is 707 g/mol. The van der Waals surface area contributed by atoms with E-state index in [0.717, 1.165) is 73.9 Å². The Kier molecular flexibility index (Phi) is 7.30. The number of rotatable bonds is 6. The first-order valence-electron chi connectivity index (χ1n) is 20.1. The molecule has 3 aliphatic carbocycles. The molecule has 0 spiro atoms. The van der Waals surface area contributed by atoms with Crippen molar-refractivity contribution >= 4 is 51.3 Å². The van der Waals surface area contributed by atoms with E-state index in [9.17, 15) is 0 Å². The zero-order valence-corrected chi connectivity index (χ0v) is 31.7. The second-order valence-electron chi connectivity index (χ2n) is 15.6. The average molecular weight is 744 g/mol. The van der Waals surface area contributed by atoms with E-state index in [1.165, 1.54) is 39.0 Å². The van der Waals surface area contributed by atoms with Crippen molar-refractivity contribution in [3.8, 4) is 11.1 Å². The van der Waals surface area contributed by atoms with Crippen LogP contribution in [-0.2, 0) is 6.42 Å². The van der Waals surface area contributed by atoms with E-state index >= 15 is 0 Å². The molecule has 0 fully saturated rings. The van der Waals surface area contributed by atoms with E-state index < -0.39 is 5.54 Å². The highest BCUT2D eigenvalue weighted by molar-refractivity contribution is 6.36. The Morgan fingerprint density at radius 3 is 2.07 bits per heavy atom. The maximum absolute atomic E-state index is 7.05. The maximum atomic E-state index is 7.05. The van der Waals surface area contributed by atoms with Crippen LogP contribution in [0.2, 0.25) is 0 Å². The number of hydrogen-bond acceptors (Lipinski definition) is 4. The minimum Gasteiger partial charge on any atom is -0.452 e. The zero-order chi connectivity index (χ0) is 38.2. The maximum Gasteiger partial charge on any atom is 0.160 e. The molecule has 0 bridgehead atoms. The van der Waals surface area contributed by atoms with Crippen LogP contribution in [-0.4, -0.2) is 11.3 Å². The van der Waals surface area contributed by atoms with Gasteiger partial charge in [0.2, 0.25) is 0 Å². The molecule has 7 aromatic rings. The predicted octanol–water partition coefficient (Wildman–Crippen LogP) is 9.64. The molecule has 0 radical (unpaired) electrons. The van der Waals surface area contributed by atoms with Gasteiger partial charge in [-0.25, -0.2) is 9.98 Å². The number of para-hydroxylation sites is 3. The Morgan fingerprint density at radius 1 is 0.621 bits per heavy atom. The fourth-order valence-corrected chi connectivity index (χ4v) is 9.82. The van der Waals surface area contributed by atoms with E-state index in [-0.39, 0.29) is 5.92 Å². The van der Waals surface area contributed by atoms with Gasteiger partial charge in [-0.05, 0) is 71.5 Å². The zero-order valence-electron chi connectivity index (χ0n) is 31.7. The van der Waals surface area contributed by atoms with Crippen molar-refractivity contribution in [2.45, 2.75) is 18.4 Å². The van der Waals surface area contributed by atoms with Gasteiger partial charge in [0.05, 0.1) is 16.6 Å². The minimum absolute atomic E-state index is 0.115. The molecule has 3 heterocycles. The van der Waals surface area contributed by atoms with Gasteiger partial charge in [-0.15, -0.1) is 0 Å². The van der Waals surface area contributed by atoms with Crippen LogP contribution < -0.4 is 26.1 Å². The van der Waals surface area contributed by atoms with Crippen LogP contribution in [0.5, 0.6) is 0 Å². The Morgan fingerprint density at radius 2 is 1.29 bits per heavy atom. The van der Waals surface area contributed by atoms with Crippen molar-refractivity contribution in [3.63, 3.8) is 0 Å². The van der Waals surface area contributed by atoms with Crippen molar-refractivity contribution in [2.75, 3.05) is 4.90 Å². The lowest BCUT2D eigenvalue weighted by Crippen LogP contribution is -2.53. The monoisotopic (exact) mass is 743 g/mol. The topological polar surface area (TPSA) is 41.1 Å². The number of nitrogens with zero attached hydrogens (tertiary/aromatic N) is 3. The quantitative estimate of drug-likeness (QED) is 0.170. The number of allylic oxidation sites excluding steroid dienone is 4. The number of benzene rings is 6. The standard InChI is InChI=1S/C54H37N3O/c1-4-14-35(15-5-1)37-24-26-40(27-25-37)57(39-18-8-3-9-19-39)54(32-30-38(31-33-54)36-16-6-2-7-17-36)46-34-45-43-29-28-42-41-20-10-12-22-47(41)55-50(42)52(43)58-53(45)51-49(46)44-21-11-13-23-48(44)56-51/h1-28,30-32,34,46H,29,33H2. The summed E-state index contributed by atoms with van der Waals surface area (Å²) >= 11 is 0. The average Bonchev–Trinajstić information content (AvgIpc) is 3.99. The van der Waals surface area contributed by atoms with Crippen LogP contribution in [0.25, 0.3) is 39.6 Å². The van der Waals surface area contributed by atoms with Crippen molar-refractivity contribution in [2.24, 2.45) is 15.9 Å². The molecule has 0 saturated heterocycles. The van der Waals surface area contributed by atoms with E-state index in [1.54, 1.807) is 0 Å². The lowest BCUT2D eigenvalue weighted by atomic mass is 9.69. The van der Waals surface area contributed by atoms with Crippen LogP contribution in [0, 0.1) is 5.92 Å². The van der Waals surface area contributed by atoms with Gasteiger partial charge in [-0.2, -0.15) is 0 Å². The molecule has 0 amide bonds. The van der Waals surface area contributed by atoms with Crippen LogP contribution in [0.15, 0.2) is 202 Å². The molecule has 5 aliphatic rings. The second-order valence-corrected chi connectivity index (χ2v) is 15.6. The fourth-order valence-electron chi connectivity index (χ4n) is 9.82. The summed E-state index contributed by atoms with van der Waals surface area (Å²) in [5, 5.41) is 3.26. The van der Waals surface area contributed by atoms with Crippen LogP contribution in [0.4, 0.5) is 17.1 Å². The highest BCUT2D eigenvalue weighted by Gasteiger charge is 2.48. The van der Waals surface area contributed by atoms with Gasteiger partial charge in [0.25, 0.3) is 0 Å². The van der Waals surface area contributed by atoms with Gasteiger partial charge in [-0.3, -0.25) is 0 Å². The highest BCUT2D eigenvalue weighted by atomic mass is 16.3. The van der Waals surface area contributed by atoms with E-state index in [4.69, 9.17) is 14.4 Å². The van der Waals surface area contributed by atoms with Crippen LogP contribution >= 0.6 is 0 Å². The summed E-state index contributed by atoms with van der Waals surface area (Å²) in [5.74, 6) is 0.750. The van der Waals surface area contributed by atoms with E-state index in [2.05, 4.69) is 199 Å². The smallest absolute Gasteiger partial charge is 0.160 e. The first-order valence-corrected chi connectivity index (χ1v) is 20.1. The molecule has 274 valence electrons. The van der Waals surface area contributed by atoms with Crippen molar-refractivity contribution < 1.29 is 4.42 Å². The summed E-state index contributed by atoms with van der Waals surface area (Å²) in [6.07, 6.45) is 13.6. The van der Waals surface area contributed by atoms with Crippen molar-refractivity contribution in [1.82, 2.24) is 0 Å². The third-order valence-electron chi connectivity index (χ3n) is 12.5. The molecule has 4 heteroatoms. The number of hydrogen-bond donors (Lipinski definition) is 0. The fraction of sp³-hybridized carbons (Fsp3) is 0.0741. The summed E-state index contributed by atoms with van der Waals surface area (Å²) < 4.78 is 7.05. The molecular formula is C54H37N3O. The molecule has 2 atom stereocenters. The summed E-state index contributed by atoms with van der Waals surface area (Å²) in [7, 11) is 0. The molecule has 2 aliphatic heterocycles. The van der Waals surface area contributed by atoms with Gasteiger partial charge in [0.15, 0.2) is 11.2 Å². The third-order valence-corrected chi connectivity index (χ3v) is 12.5. The molecule has 0 saturated carbocycles. The third kappa shape index (κ3) is 4.94. The van der Waals surface area contributed by atoms with Gasteiger partial charge >= 0.3 is 0 Å². The second kappa shape index (κ2) is 12.9. The molecule has 4 nitrogen and oxygen atoms in total. The number of fused-ring (bicyclic) bond motifs is 9. The van der Waals surface area contributed by atoms with Gasteiger partial charge < -0.3 is 9.32 Å². The van der Waals surface area contributed by atoms with E-state index in [1.807, 2.05) is 0 Å². The SMILES string of the molecule is C1=CC(C2C=c3c4c(oc3=C3N=c5ccccc5=C32)C2=Nc3ccccc3C2=CC4)(N(c2ccccc2)c2ccc(-c3ccccc3)cc2)CC=C1c1ccccc1. The van der Waals surface area contributed by atoms with Gasteiger partial charge in [0.1, 0.15) is 11.4 Å². The Hall–Kier alpha value is -7.30. The number of aliphatic imine (C=N–C) groups is 1. The summed E-state index contributed by atoms with van der Waals surface area (Å²) in [5.41, 5.74) is 14.9. The summed E-state index contributed by atoms with van der Waals surface area (Å²) in [6, 6.07) is 58.4. The van der Waals surface area contributed by atoms with E-state index in [0.29, 0.717) is 0 Å². The molecule has 12 rings (SSSR count). The Balaban J connectivity index is 1.12. The summed E-state index contributed by atoms with van der Waals surface area (Å²) in [4.78, 5) is 13.1. The predicted molar refractivity (Wildman–Crippen MR) is 236 cm³/mol. The molecule has 58 heavy (non-hydrogen) atoms. The molecule has 1 aromatic heterocycles. The Labute approximate surface area is 336 Å². The Bertz CT molecular complexity index is 3210. The summed E-state index contributed by atoms with van der Waals surface area (Å²) in [6.45, 7) is 0. The first kappa shape index (κ1) is 32.9. The van der Waals surface area contributed by atoms with Crippen molar-refractivity contribution in [3.05, 3.63) is 232 Å². The normalized spacial score (nSPS) is 19.2. The lowest BCUT2D eigenvalue weighted by molar-refractivity contribution is 0.466. The van der Waals surface area contributed by atoms with Gasteiger partial charge in [0, 0.05) is 50.0 Å². The van der Waals surface area contributed by atoms with Crippen LogP contribution in [0.1, 0.15) is 28.9 Å². The molecule has 6 aromatic carbocycles. The molecule has 2 unspecified atom stereocenters. The highest BCUT2D eigenvalue weighted by Crippen LogP contribution is 2.50. The largest absolute Gasteiger partial charge is 0.452 e. The van der Waals surface area contributed by atoms with Crippen LogP contribution in [0.3, 0.4) is 0 Å². The molecule has 0 N–H and O–H groups in total. The van der Waals surface area contributed by atoms with Gasteiger partial charge in [-0.1, -0.05) is 158 Å². The number of anilines is 2. The lowest BCUT2D eigenvalue weighted by Gasteiger charge is -2.49. The minimum atomic E-state index is -0.583.